The van der Waals surface area contributed by atoms with Gasteiger partial charge in [0, 0.05) is 31.3 Å². The molecule has 3 N–H and O–H groups in total. The van der Waals surface area contributed by atoms with Crippen molar-refractivity contribution in [3.8, 4) is 0 Å². The number of nitrogens with two attached hydrogens (primary N) is 1. The molecule has 0 amide bonds. The van der Waals surface area contributed by atoms with Crippen LogP contribution in [0.2, 0.25) is 0 Å². The van der Waals surface area contributed by atoms with Gasteiger partial charge in [0.05, 0.1) is 6.61 Å². The van der Waals surface area contributed by atoms with E-state index in [1.807, 2.05) is 14.0 Å². The molecule has 4 heteroatoms. The van der Waals surface area contributed by atoms with Crippen LogP contribution in [0.15, 0.2) is 0 Å². The van der Waals surface area contributed by atoms with Crippen LogP contribution in [-0.4, -0.2) is 55.0 Å². The quantitative estimate of drug-likeness (QED) is 0.663. The van der Waals surface area contributed by atoms with Crippen LogP contribution in [0.5, 0.6) is 0 Å². The maximum absolute atomic E-state index is 9.24. The van der Waals surface area contributed by atoms with Crippen molar-refractivity contribution in [1.82, 2.24) is 4.90 Å². The molecular formula is C10H22N2O2. The highest BCUT2D eigenvalue weighted by Crippen LogP contribution is 2.16. The van der Waals surface area contributed by atoms with Crippen molar-refractivity contribution in [3.63, 3.8) is 0 Å². The fourth-order valence-electron chi connectivity index (χ4n) is 2.03. The number of hydrogen-bond acceptors (Lipinski definition) is 4. The van der Waals surface area contributed by atoms with E-state index in [1.54, 1.807) is 0 Å². The number of aliphatic hydroxyl groups is 1. The second-order valence-electron chi connectivity index (χ2n) is 4.12. The normalized spacial score (nSPS) is 23.8. The van der Waals surface area contributed by atoms with Crippen LogP contribution in [0.1, 0.15) is 19.8 Å². The second kappa shape index (κ2) is 5.66. The maximum Gasteiger partial charge on any atom is 0.0601 e. The summed E-state index contributed by atoms with van der Waals surface area (Å²) < 4.78 is 5.30. The minimum atomic E-state index is 0.00726. The summed E-state index contributed by atoms with van der Waals surface area (Å²) in [4.78, 5) is 2.20. The number of aliphatic hydroxyl groups excluding tert-OH is 1. The maximum atomic E-state index is 9.24. The van der Waals surface area contributed by atoms with Crippen molar-refractivity contribution in [3.05, 3.63) is 0 Å². The third-order valence-corrected chi connectivity index (χ3v) is 3.08. The van der Waals surface area contributed by atoms with E-state index >= 15 is 0 Å². The zero-order valence-electron chi connectivity index (χ0n) is 9.15. The lowest BCUT2D eigenvalue weighted by Crippen LogP contribution is -2.52. The van der Waals surface area contributed by atoms with Crippen molar-refractivity contribution in [2.75, 3.05) is 26.9 Å². The summed E-state index contributed by atoms with van der Waals surface area (Å²) in [7, 11) is 2.04. The fraction of sp³-hybridized carbons (Fsp3) is 1.00. The Hall–Kier alpha value is -0.160. The first-order chi connectivity index (χ1) is 6.66. The first-order valence-corrected chi connectivity index (χ1v) is 5.33. The van der Waals surface area contributed by atoms with E-state index in [9.17, 15) is 5.11 Å². The van der Waals surface area contributed by atoms with Gasteiger partial charge in [0.25, 0.3) is 0 Å². The number of rotatable bonds is 4. The van der Waals surface area contributed by atoms with Crippen LogP contribution >= 0.6 is 0 Å². The van der Waals surface area contributed by atoms with E-state index in [0.717, 1.165) is 26.1 Å². The Morgan fingerprint density at radius 1 is 1.50 bits per heavy atom. The monoisotopic (exact) mass is 202 g/mol. The van der Waals surface area contributed by atoms with E-state index < -0.39 is 0 Å². The third kappa shape index (κ3) is 2.92. The molecule has 1 aliphatic heterocycles. The molecule has 1 aliphatic rings. The van der Waals surface area contributed by atoms with Crippen molar-refractivity contribution in [2.45, 2.75) is 37.9 Å². The molecule has 0 radical (unpaired) electrons. The van der Waals surface area contributed by atoms with Gasteiger partial charge in [0.2, 0.25) is 0 Å². The van der Waals surface area contributed by atoms with Crippen LogP contribution in [-0.2, 0) is 4.74 Å². The Morgan fingerprint density at radius 2 is 2.07 bits per heavy atom. The molecular weight excluding hydrogens is 180 g/mol. The molecule has 0 aliphatic carbocycles. The van der Waals surface area contributed by atoms with E-state index in [2.05, 4.69) is 4.90 Å². The molecule has 0 spiro atoms. The zero-order chi connectivity index (χ0) is 10.6. The van der Waals surface area contributed by atoms with Crippen molar-refractivity contribution in [1.29, 1.82) is 0 Å². The topological polar surface area (TPSA) is 58.7 Å². The number of ether oxygens (including phenoxy) is 1. The molecule has 0 aromatic heterocycles. The number of nitrogens with zero attached hydrogens (tertiary/aromatic N) is 1. The highest BCUT2D eigenvalue weighted by atomic mass is 16.5. The van der Waals surface area contributed by atoms with Crippen molar-refractivity contribution >= 4 is 0 Å². The van der Waals surface area contributed by atoms with Gasteiger partial charge in [-0.05, 0) is 26.8 Å². The van der Waals surface area contributed by atoms with Gasteiger partial charge in [-0.25, -0.2) is 0 Å². The predicted octanol–water partition coefficient (Wildman–Crippen LogP) is -0.195. The smallest absolute Gasteiger partial charge is 0.0601 e. The van der Waals surface area contributed by atoms with E-state index in [-0.39, 0.29) is 18.7 Å². The van der Waals surface area contributed by atoms with E-state index in [0.29, 0.717) is 6.04 Å². The molecule has 0 saturated carbocycles. The van der Waals surface area contributed by atoms with Gasteiger partial charge in [-0.15, -0.1) is 0 Å². The minimum absolute atomic E-state index is 0.00726. The van der Waals surface area contributed by atoms with Crippen LogP contribution in [0.3, 0.4) is 0 Å². The fourth-order valence-corrected chi connectivity index (χ4v) is 2.03. The van der Waals surface area contributed by atoms with E-state index in [1.165, 1.54) is 0 Å². The van der Waals surface area contributed by atoms with Gasteiger partial charge in [0.1, 0.15) is 0 Å². The molecule has 84 valence electrons. The van der Waals surface area contributed by atoms with E-state index in [4.69, 9.17) is 10.5 Å². The molecule has 1 saturated heterocycles. The molecule has 2 atom stereocenters. The molecule has 0 aromatic rings. The lowest BCUT2D eigenvalue weighted by molar-refractivity contribution is 0.0127. The summed E-state index contributed by atoms with van der Waals surface area (Å²) in [6.07, 6.45) is 2.08. The summed E-state index contributed by atoms with van der Waals surface area (Å²) in [5.74, 6) is 0. The van der Waals surface area contributed by atoms with Crippen LogP contribution in [0.4, 0.5) is 0 Å². The summed E-state index contributed by atoms with van der Waals surface area (Å²) in [5.41, 5.74) is 5.82. The molecule has 0 bridgehead atoms. The first-order valence-electron chi connectivity index (χ1n) is 5.33. The third-order valence-electron chi connectivity index (χ3n) is 3.08. The van der Waals surface area contributed by atoms with Gasteiger partial charge in [-0.1, -0.05) is 0 Å². The highest BCUT2D eigenvalue weighted by molar-refractivity contribution is 4.82. The predicted molar refractivity (Wildman–Crippen MR) is 56.1 cm³/mol. The summed E-state index contributed by atoms with van der Waals surface area (Å²) in [5, 5.41) is 9.24. The Balaban J connectivity index is 2.47. The van der Waals surface area contributed by atoms with Crippen LogP contribution < -0.4 is 5.73 Å². The van der Waals surface area contributed by atoms with Crippen LogP contribution in [0.25, 0.3) is 0 Å². The summed E-state index contributed by atoms with van der Waals surface area (Å²) in [6, 6.07) is 0.581. The summed E-state index contributed by atoms with van der Waals surface area (Å²) >= 11 is 0. The number of likely N-dealkylation sites (N-methyl/N-ethyl adjacent to an activating group) is 1. The first kappa shape index (κ1) is 11.9. The average Bonchev–Trinajstić information content (AvgIpc) is 2.19. The minimum Gasteiger partial charge on any atom is -0.395 e. The van der Waals surface area contributed by atoms with Gasteiger partial charge >= 0.3 is 0 Å². The molecule has 14 heavy (non-hydrogen) atoms. The largest absolute Gasteiger partial charge is 0.395 e. The molecule has 1 fully saturated rings. The van der Waals surface area contributed by atoms with Crippen molar-refractivity contribution < 1.29 is 9.84 Å². The Bertz CT molecular complexity index is 158. The molecule has 4 nitrogen and oxygen atoms in total. The Labute approximate surface area is 86.0 Å². The second-order valence-corrected chi connectivity index (χ2v) is 4.12. The summed E-state index contributed by atoms with van der Waals surface area (Å²) in [6.45, 7) is 3.72. The Kier molecular flexibility index (Phi) is 4.81. The average molecular weight is 202 g/mol. The molecule has 0 aromatic carbocycles. The van der Waals surface area contributed by atoms with Gasteiger partial charge in [0.15, 0.2) is 0 Å². The van der Waals surface area contributed by atoms with Crippen LogP contribution in [0, 0.1) is 0 Å². The lowest BCUT2D eigenvalue weighted by atomic mass is 10.0. The molecule has 2 unspecified atom stereocenters. The standard InChI is InChI=1S/C10H22N2O2/c1-8(11)10(7-13)12(2)9-3-5-14-6-4-9/h8-10,13H,3-7,11H2,1-2H3. The number of hydrogen-bond donors (Lipinski definition) is 2. The van der Waals surface area contributed by atoms with Gasteiger partial charge in [-0.3, -0.25) is 4.90 Å². The van der Waals surface area contributed by atoms with Gasteiger partial charge in [-0.2, -0.15) is 0 Å². The van der Waals surface area contributed by atoms with Crippen molar-refractivity contribution in [2.24, 2.45) is 5.73 Å². The zero-order valence-corrected chi connectivity index (χ0v) is 9.15. The SMILES string of the molecule is CC(N)C(CO)N(C)C1CCOCC1. The Morgan fingerprint density at radius 3 is 2.50 bits per heavy atom. The molecule has 1 heterocycles. The molecule has 1 rings (SSSR count). The van der Waals surface area contributed by atoms with Gasteiger partial charge < -0.3 is 15.6 Å². The highest BCUT2D eigenvalue weighted by Gasteiger charge is 2.26. The lowest BCUT2D eigenvalue weighted by Gasteiger charge is -2.38.